The molecule has 0 unspecified atom stereocenters. The quantitative estimate of drug-likeness (QED) is 0.376. The van der Waals surface area contributed by atoms with Crippen molar-refractivity contribution in [1.82, 2.24) is 9.88 Å². The van der Waals surface area contributed by atoms with E-state index in [1.165, 1.54) is 16.5 Å². The Morgan fingerprint density at radius 1 is 0.862 bits per heavy atom. The van der Waals surface area contributed by atoms with E-state index in [9.17, 15) is 0 Å². The number of hydrogen-bond acceptors (Lipinski definition) is 2. The van der Waals surface area contributed by atoms with Crippen molar-refractivity contribution >= 4 is 34.1 Å². The molecule has 0 aliphatic heterocycles. The van der Waals surface area contributed by atoms with E-state index in [4.69, 9.17) is 27.9 Å². The first-order valence-electron chi connectivity index (χ1n) is 9.49. The van der Waals surface area contributed by atoms with Gasteiger partial charge in [-0.25, -0.2) is 0 Å². The molecule has 29 heavy (non-hydrogen) atoms. The van der Waals surface area contributed by atoms with E-state index in [2.05, 4.69) is 46.4 Å². The van der Waals surface area contributed by atoms with Crippen molar-refractivity contribution in [1.29, 1.82) is 0 Å². The van der Waals surface area contributed by atoms with Crippen LogP contribution in [-0.4, -0.2) is 11.7 Å². The average molecular weight is 425 g/mol. The maximum atomic E-state index is 6.40. The lowest BCUT2D eigenvalue weighted by Gasteiger charge is -2.09. The van der Waals surface area contributed by atoms with Crippen LogP contribution in [0.4, 0.5) is 0 Å². The number of benzene rings is 3. The summed E-state index contributed by atoms with van der Waals surface area (Å²) in [5, 5.41) is 6.12. The van der Waals surface area contributed by atoms with Gasteiger partial charge in [-0.1, -0.05) is 65.7 Å². The van der Waals surface area contributed by atoms with Crippen molar-refractivity contribution in [3.63, 3.8) is 0 Å². The van der Waals surface area contributed by atoms with Gasteiger partial charge >= 0.3 is 0 Å². The number of nitrogens with one attached hydrogen (secondary N) is 1. The van der Waals surface area contributed by atoms with Crippen LogP contribution in [0.5, 0.6) is 5.75 Å². The molecule has 0 amide bonds. The molecule has 3 nitrogen and oxygen atoms in total. The van der Waals surface area contributed by atoms with E-state index in [-0.39, 0.29) is 0 Å². The normalized spacial score (nSPS) is 11.1. The average Bonchev–Trinajstić information content (AvgIpc) is 3.08. The van der Waals surface area contributed by atoms with Gasteiger partial charge < -0.3 is 14.6 Å². The van der Waals surface area contributed by atoms with Gasteiger partial charge in [-0.05, 0) is 35.4 Å². The zero-order valence-corrected chi connectivity index (χ0v) is 17.7. The minimum Gasteiger partial charge on any atom is -0.496 e. The van der Waals surface area contributed by atoms with Gasteiger partial charge in [-0.2, -0.15) is 0 Å². The van der Waals surface area contributed by atoms with Gasteiger partial charge in [0.05, 0.1) is 7.11 Å². The minimum atomic E-state index is 0.650. The van der Waals surface area contributed by atoms with E-state index in [1.54, 1.807) is 13.2 Å². The summed E-state index contributed by atoms with van der Waals surface area (Å²) in [7, 11) is 1.70. The second kappa shape index (κ2) is 8.91. The molecule has 1 N–H and O–H groups in total. The number of aromatic nitrogens is 1. The van der Waals surface area contributed by atoms with E-state index in [1.807, 2.05) is 30.3 Å². The van der Waals surface area contributed by atoms with Gasteiger partial charge in [0.25, 0.3) is 0 Å². The number of halogens is 2. The van der Waals surface area contributed by atoms with Crippen molar-refractivity contribution in [2.24, 2.45) is 0 Å². The molecule has 0 fully saturated rings. The molecule has 0 spiro atoms. The van der Waals surface area contributed by atoms with Gasteiger partial charge in [-0.3, -0.25) is 0 Å². The van der Waals surface area contributed by atoms with Crippen LogP contribution in [0.15, 0.2) is 72.9 Å². The fraction of sp³-hybridized carbons (Fsp3) is 0.167. The Balaban J connectivity index is 1.56. The molecule has 4 aromatic rings. The number of methoxy groups -OCH3 is 1. The largest absolute Gasteiger partial charge is 0.496 e. The molecule has 1 aromatic heterocycles. The third kappa shape index (κ3) is 4.43. The highest BCUT2D eigenvalue weighted by Gasteiger charge is 2.10. The van der Waals surface area contributed by atoms with E-state index >= 15 is 0 Å². The van der Waals surface area contributed by atoms with Crippen molar-refractivity contribution in [3.8, 4) is 5.75 Å². The summed E-state index contributed by atoms with van der Waals surface area (Å²) in [6.45, 7) is 2.20. The maximum Gasteiger partial charge on any atom is 0.123 e. The lowest BCUT2D eigenvalue weighted by Crippen LogP contribution is -2.13. The highest BCUT2D eigenvalue weighted by molar-refractivity contribution is 6.35. The summed E-state index contributed by atoms with van der Waals surface area (Å²) >= 11 is 12.4. The molecule has 0 saturated carbocycles. The second-order valence-corrected chi connectivity index (χ2v) is 7.79. The van der Waals surface area contributed by atoms with Gasteiger partial charge in [0.2, 0.25) is 0 Å². The molecule has 4 rings (SSSR count). The molecule has 0 saturated heterocycles. The maximum absolute atomic E-state index is 6.40. The van der Waals surface area contributed by atoms with Crippen LogP contribution in [0.3, 0.4) is 0 Å². The number of nitrogens with zero attached hydrogens (tertiary/aromatic N) is 1. The van der Waals surface area contributed by atoms with Crippen molar-refractivity contribution in [2.75, 3.05) is 7.11 Å². The summed E-state index contributed by atoms with van der Waals surface area (Å²) < 4.78 is 7.68. The fourth-order valence-corrected chi connectivity index (χ4v) is 4.08. The molecule has 0 aliphatic rings. The topological polar surface area (TPSA) is 26.2 Å². The van der Waals surface area contributed by atoms with E-state index in [0.717, 1.165) is 30.0 Å². The first-order valence-corrected chi connectivity index (χ1v) is 10.2. The van der Waals surface area contributed by atoms with Crippen molar-refractivity contribution in [2.45, 2.75) is 19.6 Å². The lowest BCUT2D eigenvalue weighted by atomic mass is 10.1. The molecule has 148 valence electrons. The van der Waals surface area contributed by atoms with Crippen LogP contribution in [-0.2, 0) is 19.6 Å². The third-order valence-corrected chi connectivity index (χ3v) is 5.64. The Morgan fingerprint density at radius 3 is 2.45 bits per heavy atom. The minimum absolute atomic E-state index is 0.650. The molecule has 1 heterocycles. The molecule has 3 aromatic carbocycles. The van der Waals surface area contributed by atoms with Gasteiger partial charge in [0.1, 0.15) is 5.75 Å². The van der Waals surface area contributed by atoms with Crippen LogP contribution in [0, 0.1) is 0 Å². The summed E-state index contributed by atoms with van der Waals surface area (Å²) in [5.41, 5.74) is 4.63. The van der Waals surface area contributed by atoms with Gasteiger partial charge in [0, 0.05) is 52.3 Å². The zero-order valence-electron chi connectivity index (χ0n) is 16.2. The Bertz CT molecular complexity index is 1140. The van der Waals surface area contributed by atoms with Crippen LogP contribution in [0.2, 0.25) is 10.0 Å². The number of hydrogen-bond donors (Lipinski definition) is 1. The predicted molar refractivity (Wildman–Crippen MR) is 121 cm³/mol. The number of para-hydroxylation sites is 2. The molecule has 0 bridgehead atoms. The SMILES string of the molecule is COc1ccccc1CNCc1cn(Cc2ccc(Cl)cc2Cl)c2ccccc12. The summed E-state index contributed by atoms with van der Waals surface area (Å²) in [6.07, 6.45) is 2.20. The number of fused-ring (bicyclic) bond motifs is 1. The highest BCUT2D eigenvalue weighted by atomic mass is 35.5. The van der Waals surface area contributed by atoms with Crippen LogP contribution >= 0.6 is 23.2 Å². The van der Waals surface area contributed by atoms with Crippen LogP contribution in [0.25, 0.3) is 10.9 Å². The van der Waals surface area contributed by atoms with E-state index < -0.39 is 0 Å². The standard InChI is InChI=1S/C24H22Cl2N2O/c1-29-24-9-5-2-6-17(24)13-27-14-19-16-28(23-8-4-3-7-21(19)23)15-18-10-11-20(25)12-22(18)26/h2-12,16,27H,13-15H2,1H3. The lowest BCUT2D eigenvalue weighted by molar-refractivity contribution is 0.407. The monoisotopic (exact) mass is 424 g/mol. The van der Waals surface area contributed by atoms with Crippen LogP contribution in [0.1, 0.15) is 16.7 Å². The Kier molecular flexibility index (Phi) is 6.10. The first kappa shape index (κ1) is 19.8. The van der Waals surface area contributed by atoms with Crippen molar-refractivity contribution in [3.05, 3.63) is 99.7 Å². The highest BCUT2D eigenvalue weighted by Crippen LogP contribution is 2.26. The molecule has 0 radical (unpaired) electrons. The zero-order chi connectivity index (χ0) is 20.2. The molecular weight excluding hydrogens is 403 g/mol. The Labute approximate surface area is 180 Å². The number of ether oxygens (including phenoxy) is 1. The number of rotatable bonds is 7. The van der Waals surface area contributed by atoms with E-state index in [0.29, 0.717) is 16.6 Å². The molecule has 0 aliphatic carbocycles. The smallest absolute Gasteiger partial charge is 0.123 e. The van der Waals surface area contributed by atoms with Gasteiger partial charge in [0.15, 0.2) is 0 Å². The summed E-state index contributed by atoms with van der Waals surface area (Å²) in [4.78, 5) is 0. The van der Waals surface area contributed by atoms with Crippen LogP contribution < -0.4 is 10.1 Å². The predicted octanol–water partition coefficient (Wildman–Crippen LogP) is 6.29. The Morgan fingerprint density at radius 2 is 1.62 bits per heavy atom. The molecule has 0 atom stereocenters. The Hall–Kier alpha value is -2.46. The third-order valence-electron chi connectivity index (χ3n) is 5.05. The summed E-state index contributed by atoms with van der Waals surface area (Å²) in [5.74, 6) is 0.903. The first-order chi connectivity index (χ1) is 14.2. The van der Waals surface area contributed by atoms with Crippen molar-refractivity contribution < 1.29 is 4.74 Å². The van der Waals surface area contributed by atoms with Gasteiger partial charge in [-0.15, -0.1) is 0 Å². The fourth-order valence-electron chi connectivity index (χ4n) is 3.61. The molecular formula is C24H22Cl2N2O. The molecule has 5 heteroatoms. The second-order valence-electron chi connectivity index (χ2n) is 6.95. The summed E-state index contributed by atoms with van der Waals surface area (Å²) in [6, 6.07) is 22.2.